The Morgan fingerprint density at radius 3 is 2.75 bits per heavy atom. The summed E-state index contributed by atoms with van der Waals surface area (Å²) in [4.78, 5) is 36.1. The van der Waals surface area contributed by atoms with E-state index in [2.05, 4.69) is 15.5 Å². The molecule has 0 spiro atoms. The van der Waals surface area contributed by atoms with E-state index >= 15 is 0 Å². The number of thiazole rings is 1. The zero-order valence-corrected chi connectivity index (χ0v) is 11.2. The third kappa shape index (κ3) is 3.23. The van der Waals surface area contributed by atoms with E-state index in [0.29, 0.717) is 5.13 Å². The molecule has 0 aliphatic heterocycles. The summed E-state index contributed by atoms with van der Waals surface area (Å²) >= 11 is 1.00. The van der Waals surface area contributed by atoms with Gasteiger partial charge in [-0.2, -0.15) is 5.32 Å². The van der Waals surface area contributed by atoms with Gasteiger partial charge in [0.25, 0.3) is 0 Å². The lowest BCUT2D eigenvalue weighted by Crippen LogP contribution is -2.18. The number of aromatic nitrogens is 1. The second-order valence-corrected chi connectivity index (χ2v) is 4.72. The monoisotopic (exact) mass is 292 g/mol. The largest absolute Gasteiger partial charge is 0.426 e. The summed E-state index contributed by atoms with van der Waals surface area (Å²) in [5, 5.41) is 5.88. The van der Waals surface area contributed by atoms with E-state index in [-0.39, 0.29) is 16.3 Å². The molecule has 0 bridgehead atoms. The number of carbonyl (C=O) groups is 2. The Hall–Kier alpha value is -2.61. The lowest BCUT2D eigenvalue weighted by atomic mass is 10.2. The Morgan fingerprint density at radius 1 is 1.35 bits per heavy atom. The molecule has 1 aromatic carbocycles. The average molecular weight is 292 g/mol. The van der Waals surface area contributed by atoms with E-state index in [4.69, 9.17) is 4.74 Å². The first-order chi connectivity index (χ1) is 9.60. The summed E-state index contributed by atoms with van der Waals surface area (Å²) in [7, 11) is 0. The molecule has 0 aliphatic carbocycles. The van der Waals surface area contributed by atoms with Gasteiger partial charge in [0.2, 0.25) is 5.00 Å². The van der Waals surface area contributed by atoms with Gasteiger partial charge in [0.05, 0.1) is 0 Å². The van der Waals surface area contributed by atoms with Crippen LogP contribution in [-0.2, 0) is 4.79 Å². The normalized spacial score (nSPS) is 9.85. The molecule has 2 rings (SSSR count). The van der Waals surface area contributed by atoms with Crippen LogP contribution in [0.1, 0.15) is 17.3 Å². The van der Waals surface area contributed by atoms with Crippen molar-refractivity contribution in [3.63, 3.8) is 0 Å². The highest BCUT2D eigenvalue weighted by atomic mass is 32.1. The molecule has 0 fully saturated rings. The van der Waals surface area contributed by atoms with Gasteiger partial charge in [-0.1, -0.05) is 12.1 Å². The van der Waals surface area contributed by atoms with Gasteiger partial charge >= 0.3 is 17.0 Å². The second-order valence-electron chi connectivity index (χ2n) is 3.69. The molecule has 0 atom stereocenters. The number of benzene rings is 1. The van der Waals surface area contributed by atoms with E-state index in [1.165, 1.54) is 25.3 Å². The molecule has 1 heterocycles. The lowest BCUT2D eigenvalue weighted by molar-refractivity contribution is -0.353. The van der Waals surface area contributed by atoms with Gasteiger partial charge in [0.1, 0.15) is 17.5 Å². The van der Waals surface area contributed by atoms with Crippen molar-refractivity contribution in [2.24, 2.45) is 5.18 Å². The number of para-hydroxylation sites is 1. The van der Waals surface area contributed by atoms with Crippen LogP contribution in [-0.4, -0.2) is 11.9 Å². The maximum absolute atomic E-state index is 12.1. The average Bonchev–Trinajstić information content (AvgIpc) is 2.86. The number of nitrogens with zero attached hydrogens (tertiary/aromatic N) is 1. The topological polar surface area (TPSA) is 99.0 Å². The highest BCUT2D eigenvalue weighted by Crippen LogP contribution is 2.24. The Morgan fingerprint density at radius 2 is 2.10 bits per heavy atom. The smallest absolute Gasteiger partial charge is 0.343 e. The SMILES string of the molecule is CC(=O)Oc1ccccc1C(=O)Nc1[nH+]cc(N=O)s1. The number of hydrogen-bond donors (Lipinski definition) is 1. The summed E-state index contributed by atoms with van der Waals surface area (Å²) in [6.45, 7) is 1.25. The predicted molar refractivity (Wildman–Crippen MR) is 72.0 cm³/mol. The van der Waals surface area contributed by atoms with Crippen LogP contribution in [0.2, 0.25) is 0 Å². The van der Waals surface area contributed by atoms with E-state index in [1.54, 1.807) is 12.1 Å². The molecule has 0 unspecified atom stereocenters. The number of hydrogen-bond acceptors (Lipinski definition) is 6. The Bertz CT molecular complexity index is 668. The van der Waals surface area contributed by atoms with E-state index in [1.807, 2.05) is 0 Å². The van der Waals surface area contributed by atoms with Crippen LogP contribution in [0.15, 0.2) is 35.6 Å². The number of aromatic amines is 1. The van der Waals surface area contributed by atoms with Crippen LogP contribution in [0.4, 0.5) is 10.1 Å². The number of H-pyrrole nitrogens is 1. The molecule has 0 saturated heterocycles. The summed E-state index contributed by atoms with van der Waals surface area (Å²) in [6.07, 6.45) is 1.38. The van der Waals surface area contributed by atoms with E-state index in [9.17, 15) is 14.5 Å². The van der Waals surface area contributed by atoms with Gasteiger partial charge in [-0.25, -0.2) is 9.78 Å². The molecule has 20 heavy (non-hydrogen) atoms. The van der Waals surface area contributed by atoms with Crippen molar-refractivity contribution in [1.82, 2.24) is 0 Å². The van der Waals surface area contributed by atoms with E-state index < -0.39 is 11.9 Å². The third-order valence-corrected chi connectivity index (χ3v) is 3.06. The standard InChI is InChI=1S/C12H9N3O4S/c1-7(16)19-9-5-3-2-4-8(9)11(17)14-12-13-6-10(15-18)20-12/h2-6H,1H3,(H,13,14,17)/p+1. The molecule has 8 heteroatoms. The first-order valence-corrected chi connectivity index (χ1v) is 6.35. The summed E-state index contributed by atoms with van der Waals surface area (Å²) < 4.78 is 4.96. The molecule has 0 radical (unpaired) electrons. The van der Waals surface area contributed by atoms with E-state index in [0.717, 1.165) is 11.3 Å². The molecule has 0 saturated carbocycles. The zero-order valence-electron chi connectivity index (χ0n) is 10.4. The molecule has 7 nitrogen and oxygen atoms in total. The first-order valence-electron chi connectivity index (χ1n) is 5.54. The maximum Gasteiger partial charge on any atom is 0.343 e. The predicted octanol–water partition coefficient (Wildman–Crippen LogP) is 2.14. The number of nitroso groups, excluding NO2 is 1. The van der Waals surface area contributed by atoms with Crippen LogP contribution >= 0.6 is 11.3 Å². The van der Waals surface area contributed by atoms with Gasteiger partial charge in [-0.15, -0.1) is 4.91 Å². The number of anilines is 1. The molecule has 0 aliphatic rings. The van der Waals surface area contributed by atoms with Gasteiger partial charge in [-0.3, -0.25) is 4.79 Å². The summed E-state index contributed by atoms with van der Waals surface area (Å²) in [5.74, 6) is -0.805. The van der Waals surface area contributed by atoms with Crippen molar-refractivity contribution < 1.29 is 19.3 Å². The second kappa shape index (κ2) is 6.02. The number of rotatable bonds is 4. The molecule has 102 valence electrons. The summed E-state index contributed by atoms with van der Waals surface area (Å²) in [5.41, 5.74) is 0.213. The molecular weight excluding hydrogens is 282 g/mol. The lowest BCUT2D eigenvalue weighted by Gasteiger charge is -2.05. The number of ether oxygens (including phenoxy) is 1. The van der Waals surface area contributed by atoms with Crippen molar-refractivity contribution in [3.05, 3.63) is 40.9 Å². The van der Waals surface area contributed by atoms with Crippen LogP contribution in [0.3, 0.4) is 0 Å². The van der Waals surface area contributed by atoms with Gasteiger partial charge < -0.3 is 4.74 Å². The van der Waals surface area contributed by atoms with Crippen molar-refractivity contribution in [1.29, 1.82) is 0 Å². The van der Waals surface area contributed by atoms with Crippen molar-refractivity contribution in [2.45, 2.75) is 6.92 Å². The zero-order chi connectivity index (χ0) is 14.5. The number of nitrogens with one attached hydrogen (secondary N) is 2. The van der Waals surface area contributed by atoms with Crippen LogP contribution < -0.4 is 15.0 Å². The highest BCUT2D eigenvalue weighted by Gasteiger charge is 2.20. The third-order valence-electron chi connectivity index (χ3n) is 2.24. The van der Waals surface area contributed by atoms with Crippen LogP contribution in [0.25, 0.3) is 0 Å². The van der Waals surface area contributed by atoms with Crippen molar-refractivity contribution in [2.75, 3.05) is 5.32 Å². The Labute approximate surface area is 117 Å². The molecule has 2 N–H and O–H groups in total. The first kappa shape index (κ1) is 13.8. The molecular formula is C12H10N3O4S+. The van der Waals surface area contributed by atoms with Crippen molar-refractivity contribution >= 4 is 33.3 Å². The fourth-order valence-electron chi connectivity index (χ4n) is 1.47. The van der Waals surface area contributed by atoms with Gasteiger partial charge in [-0.05, 0) is 28.6 Å². The Kier molecular flexibility index (Phi) is 4.16. The van der Waals surface area contributed by atoms with Crippen LogP contribution in [0, 0.1) is 4.91 Å². The van der Waals surface area contributed by atoms with Crippen LogP contribution in [0.5, 0.6) is 5.75 Å². The summed E-state index contributed by atoms with van der Waals surface area (Å²) in [6, 6.07) is 6.35. The molecule has 2 aromatic rings. The number of esters is 1. The Balaban J connectivity index is 2.20. The highest BCUT2D eigenvalue weighted by molar-refractivity contribution is 7.18. The molecule has 1 amide bonds. The fourth-order valence-corrected chi connectivity index (χ4v) is 2.09. The van der Waals surface area contributed by atoms with Gasteiger partial charge in [0.15, 0.2) is 0 Å². The van der Waals surface area contributed by atoms with Crippen molar-refractivity contribution in [3.8, 4) is 5.75 Å². The minimum atomic E-state index is -0.514. The maximum atomic E-state index is 12.1. The molecule has 1 aromatic heterocycles. The fraction of sp³-hybridized carbons (Fsp3) is 0.0833. The minimum absolute atomic E-state index is 0.169. The quantitative estimate of drug-likeness (QED) is 0.530. The number of amides is 1. The number of carbonyl (C=O) groups excluding carboxylic acids is 2. The minimum Gasteiger partial charge on any atom is -0.426 e. The van der Waals surface area contributed by atoms with Gasteiger partial charge in [0, 0.05) is 6.92 Å².